The Hall–Kier alpha value is -1.24. The Morgan fingerprint density at radius 1 is 0.559 bits per heavy atom. The van der Waals surface area contributed by atoms with Crippen molar-refractivity contribution in [2.24, 2.45) is 11.3 Å². The first-order chi connectivity index (χ1) is 29.1. The van der Waals surface area contributed by atoms with Gasteiger partial charge in [0, 0.05) is 32.3 Å². The first-order valence-corrected chi connectivity index (χ1v) is 25.9. The predicted molar refractivity (Wildman–Crippen MR) is 256 cm³/mol. The van der Waals surface area contributed by atoms with E-state index in [1.54, 1.807) is 7.11 Å². The van der Waals surface area contributed by atoms with Gasteiger partial charge in [-0.15, -0.1) is 0 Å². The molecule has 1 saturated heterocycles. The molecule has 342 valence electrons. The number of unbranched alkanes of at least 4 members (excludes halogenated alkanes) is 18. The Balaban J connectivity index is 1.39. The molecule has 3 N–H and O–H groups in total. The van der Waals surface area contributed by atoms with Crippen molar-refractivity contribution in [2.45, 2.75) is 250 Å². The number of hydrogen-bond acceptors (Lipinski definition) is 5. The topological polar surface area (TPSA) is 62.8 Å². The SMILES string of the molecule is CCCCC/C=C\C/C=C\CCCCCCCCC1(CCCCCCCC/C=C\C/C=C\CCCCC)CCC2(CC1)C[C@H]1C[C@@H](NCCOC)[C@@H](NCCO)C[C@@H]1O2. The van der Waals surface area contributed by atoms with Gasteiger partial charge >= 0.3 is 0 Å². The third-order valence-electron chi connectivity index (χ3n) is 14.4. The maximum absolute atomic E-state index is 9.57. The van der Waals surface area contributed by atoms with Crippen LogP contribution < -0.4 is 10.6 Å². The Bertz CT molecular complexity index is 1040. The van der Waals surface area contributed by atoms with Crippen LogP contribution >= 0.6 is 0 Å². The first kappa shape index (κ1) is 52.1. The Morgan fingerprint density at radius 2 is 1.02 bits per heavy atom. The summed E-state index contributed by atoms with van der Waals surface area (Å²) in [6, 6.07) is 0.776. The molecule has 1 spiro atoms. The number of aliphatic hydroxyl groups excluding tert-OH is 1. The number of aliphatic hydroxyl groups is 1. The number of fused-ring (bicyclic) bond motifs is 1. The molecule has 5 nitrogen and oxygen atoms in total. The average Bonchev–Trinajstić information content (AvgIpc) is 3.60. The molecule has 3 aliphatic rings. The summed E-state index contributed by atoms with van der Waals surface area (Å²) in [6.45, 7) is 7.02. The van der Waals surface area contributed by atoms with Gasteiger partial charge < -0.3 is 25.2 Å². The van der Waals surface area contributed by atoms with Crippen LogP contribution in [0.5, 0.6) is 0 Å². The molecule has 4 atom stereocenters. The lowest BCUT2D eigenvalue weighted by Crippen LogP contribution is -2.55. The van der Waals surface area contributed by atoms with E-state index in [9.17, 15) is 5.11 Å². The monoisotopic (exact) mass is 823 g/mol. The van der Waals surface area contributed by atoms with Gasteiger partial charge in [-0.05, 0) is 133 Å². The summed E-state index contributed by atoms with van der Waals surface area (Å²) < 4.78 is 12.5. The standard InChI is InChI=1S/C54H98N2O3/c1-4-6-8-10-12-14-16-18-20-22-24-26-28-30-32-34-36-53(37-35-33-31-29-27-25-23-21-19-17-15-13-11-9-7-5-2)38-40-54(41-39-53)48-49-46-50(56-43-45-58-3)51(55-42-44-57)47-52(49)59-54/h12-15,18-21,49-52,55-57H,4-11,16-17,22-48H2,1-3H3/b14-12-,15-13-,20-18-,21-19-/t49-,50-,51+,52+/m1/s1. The zero-order valence-corrected chi connectivity index (χ0v) is 39.4. The van der Waals surface area contributed by atoms with Crippen molar-refractivity contribution in [1.82, 2.24) is 10.6 Å². The van der Waals surface area contributed by atoms with Crippen LogP contribution in [-0.2, 0) is 9.47 Å². The number of nitrogens with one attached hydrogen (secondary N) is 2. The van der Waals surface area contributed by atoms with E-state index in [2.05, 4.69) is 73.1 Å². The van der Waals surface area contributed by atoms with Crippen molar-refractivity contribution < 1.29 is 14.6 Å². The van der Waals surface area contributed by atoms with E-state index in [1.807, 2.05) is 0 Å². The molecule has 0 bridgehead atoms. The van der Waals surface area contributed by atoms with Crippen molar-refractivity contribution in [1.29, 1.82) is 0 Å². The minimum Gasteiger partial charge on any atom is -0.395 e. The van der Waals surface area contributed by atoms with E-state index in [0.29, 0.717) is 36.1 Å². The summed E-state index contributed by atoms with van der Waals surface area (Å²) in [5.74, 6) is 0.648. The molecule has 0 radical (unpaired) electrons. The van der Waals surface area contributed by atoms with E-state index in [1.165, 1.54) is 193 Å². The molecule has 5 heteroatoms. The van der Waals surface area contributed by atoms with Crippen molar-refractivity contribution in [3.05, 3.63) is 48.6 Å². The number of rotatable bonds is 37. The summed E-state index contributed by atoms with van der Waals surface area (Å²) in [4.78, 5) is 0. The van der Waals surface area contributed by atoms with Crippen LogP contribution in [0.15, 0.2) is 48.6 Å². The van der Waals surface area contributed by atoms with Gasteiger partial charge in [0.05, 0.1) is 24.9 Å². The van der Waals surface area contributed by atoms with Gasteiger partial charge in [0.1, 0.15) is 0 Å². The van der Waals surface area contributed by atoms with Gasteiger partial charge in [-0.25, -0.2) is 0 Å². The molecule has 3 rings (SSSR count). The molecule has 0 aromatic heterocycles. The number of allylic oxidation sites excluding steroid dienone is 8. The molecular weight excluding hydrogens is 725 g/mol. The number of methoxy groups -OCH3 is 1. The van der Waals surface area contributed by atoms with Gasteiger partial charge in [0.15, 0.2) is 0 Å². The third kappa shape index (κ3) is 23.1. The van der Waals surface area contributed by atoms with Crippen LogP contribution in [0.2, 0.25) is 0 Å². The molecule has 1 heterocycles. The van der Waals surface area contributed by atoms with Crippen molar-refractivity contribution in [3.8, 4) is 0 Å². The molecule has 59 heavy (non-hydrogen) atoms. The zero-order chi connectivity index (χ0) is 42.0. The maximum Gasteiger partial charge on any atom is 0.0690 e. The van der Waals surface area contributed by atoms with Gasteiger partial charge in [-0.3, -0.25) is 0 Å². The maximum atomic E-state index is 9.57. The number of hydrogen-bond donors (Lipinski definition) is 3. The minimum atomic E-state index is 0.0977. The number of ether oxygens (including phenoxy) is 2. The Kier molecular flexibility index (Phi) is 30.3. The minimum absolute atomic E-state index is 0.0977. The lowest BCUT2D eigenvalue weighted by molar-refractivity contribution is -0.0981. The fourth-order valence-electron chi connectivity index (χ4n) is 10.7. The smallest absolute Gasteiger partial charge is 0.0690 e. The highest BCUT2D eigenvalue weighted by molar-refractivity contribution is 5.05. The molecule has 0 aromatic carbocycles. The first-order valence-electron chi connectivity index (χ1n) is 25.9. The van der Waals surface area contributed by atoms with Crippen LogP contribution in [0.25, 0.3) is 0 Å². The van der Waals surface area contributed by atoms with Crippen molar-refractivity contribution >= 4 is 0 Å². The second-order valence-electron chi connectivity index (χ2n) is 19.3. The highest BCUT2D eigenvalue weighted by Crippen LogP contribution is 2.55. The van der Waals surface area contributed by atoms with Crippen LogP contribution in [0, 0.1) is 11.3 Å². The largest absolute Gasteiger partial charge is 0.395 e. The summed E-state index contributed by atoms with van der Waals surface area (Å²) >= 11 is 0. The fraction of sp³-hybridized carbons (Fsp3) is 0.852. The van der Waals surface area contributed by atoms with Crippen LogP contribution in [0.1, 0.15) is 226 Å². The normalized spacial score (nSPS) is 22.9. The summed E-state index contributed by atoms with van der Waals surface area (Å²) in [5, 5.41) is 17.0. The Morgan fingerprint density at radius 3 is 1.51 bits per heavy atom. The predicted octanol–water partition coefficient (Wildman–Crippen LogP) is 14.4. The van der Waals surface area contributed by atoms with E-state index in [0.717, 1.165) is 32.4 Å². The molecule has 0 aromatic rings. The zero-order valence-electron chi connectivity index (χ0n) is 39.4. The second kappa shape index (κ2) is 34.3. The van der Waals surface area contributed by atoms with E-state index in [-0.39, 0.29) is 12.2 Å². The third-order valence-corrected chi connectivity index (χ3v) is 14.4. The lowest BCUT2D eigenvalue weighted by atomic mass is 9.63. The van der Waals surface area contributed by atoms with Crippen molar-refractivity contribution in [2.75, 3.05) is 33.4 Å². The molecule has 0 amide bonds. The highest BCUT2D eigenvalue weighted by atomic mass is 16.5. The van der Waals surface area contributed by atoms with Gasteiger partial charge in [-0.2, -0.15) is 0 Å². The van der Waals surface area contributed by atoms with Crippen molar-refractivity contribution in [3.63, 3.8) is 0 Å². The second-order valence-corrected chi connectivity index (χ2v) is 19.3. The Labute approximate surface area is 366 Å². The van der Waals surface area contributed by atoms with Crippen LogP contribution in [0.3, 0.4) is 0 Å². The molecule has 1 aliphatic heterocycles. The molecular formula is C54H98N2O3. The summed E-state index contributed by atoms with van der Waals surface area (Å²) in [7, 11) is 1.78. The fourth-order valence-corrected chi connectivity index (χ4v) is 10.7. The van der Waals surface area contributed by atoms with Crippen LogP contribution in [0.4, 0.5) is 0 Å². The molecule has 3 fully saturated rings. The van der Waals surface area contributed by atoms with E-state index < -0.39 is 0 Å². The van der Waals surface area contributed by atoms with E-state index >= 15 is 0 Å². The quantitative estimate of drug-likeness (QED) is 0.0430. The van der Waals surface area contributed by atoms with Gasteiger partial charge in [0.25, 0.3) is 0 Å². The highest BCUT2D eigenvalue weighted by Gasteiger charge is 2.53. The van der Waals surface area contributed by atoms with Crippen LogP contribution in [-0.4, -0.2) is 62.3 Å². The molecule has 0 unspecified atom stereocenters. The average molecular weight is 823 g/mol. The van der Waals surface area contributed by atoms with Gasteiger partial charge in [0.2, 0.25) is 0 Å². The molecule has 2 aliphatic carbocycles. The summed E-state index contributed by atoms with van der Waals surface area (Å²) in [5.41, 5.74) is 0.628. The molecule has 2 saturated carbocycles. The van der Waals surface area contributed by atoms with Gasteiger partial charge in [-0.1, -0.05) is 152 Å². The summed E-state index contributed by atoms with van der Waals surface area (Å²) in [6.07, 6.45) is 62.9. The lowest BCUT2D eigenvalue weighted by Gasteiger charge is -2.45. The van der Waals surface area contributed by atoms with E-state index in [4.69, 9.17) is 9.47 Å².